The van der Waals surface area contributed by atoms with Crippen LogP contribution in [0.25, 0.3) is 0 Å². The third-order valence-electron chi connectivity index (χ3n) is 6.52. The monoisotopic (exact) mass is 490 g/mol. The molecule has 2 unspecified atom stereocenters. The first-order valence-corrected chi connectivity index (χ1v) is 13.1. The maximum atomic E-state index is 13.8. The van der Waals surface area contributed by atoms with Crippen LogP contribution in [-0.2, 0) is 16.4 Å². The number of amides is 1. The molecule has 2 aliphatic heterocycles. The van der Waals surface area contributed by atoms with Crippen molar-refractivity contribution in [2.24, 2.45) is 11.7 Å². The Morgan fingerprint density at radius 2 is 1.83 bits per heavy atom. The van der Waals surface area contributed by atoms with Crippen LogP contribution in [-0.4, -0.2) is 27.7 Å². The van der Waals surface area contributed by atoms with Crippen LogP contribution in [0, 0.1) is 5.92 Å². The number of hydrogen-bond acceptors (Lipinski definition) is 3. The molecule has 5 rings (SSSR count). The summed E-state index contributed by atoms with van der Waals surface area (Å²) in [6.45, 7) is 0. The number of carbonyl (C=O) groups is 1. The highest BCUT2D eigenvalue weighted by Crippen LogP contribution is 2.59. The molecule has 0 bridgehead atoms. The zero-order chi connectivity index (χ0) is 20.2. The number of nitrogens with zero attached hydrogens (tertiary/aromatic N) is 1. The van der Waals surface area contributed by atoms with E-state index in [9.17, 15) is 9.00 Å². The van der Waals surface area contributed by atoms with Gasteiger partial charge in [0.05, 0.1) is 16.6 Å². The van der Waals surface area contributed by atoms with E-state index >= 15 is 0 Å². The quantitative estimate of drug-likeness (QED) is 0.678. The van der Waals surface area contributed by atoms with Crippen LogP contribution in [0.1, 0.15) is 41.6 Å². The van der Waals surface area contributed by atoms with E-state index in [2.05, 4.69) is 38.4 Å². The largest absolute Gasteiger partial charge is 0.366 e. The predicted molar refractivity (Wildman–Crippen MR) is 123 cm³/mol. The molecule has 2 atom stereocenters. The summed E-state index contributed by atoms with van der Waals surface area (Å²) >= 11 is 5.70. The number of anilines is 1. The van der Waals surface area contributed by atoms with E-state index in [1.807, 2.05) is 11.8 Å². The van der Waals surface area contributed by atoms with Crippen LogP contribution < -0.4 is 10.0 Å². The summed E-state index contributed by atoms with van der Waals surface area (Å²) < 4.78 is 17.1. The van der Waals surface area contributed by atoms with Crippen molar-refractivity contribution in [1.29, 1.82) is 0 Å². The summed E-state index contributed by atoms with van der Waals surface area (Å²) in [5.41, 5.74) is 8.35. The highest BCUT2D eigenvalue weighted by Gasteiger charge is 2.57. The van der Waals surface area contributed by atoms with Gasteiger partial charge in [0.25, 0.3) is 0 Å². The van der Waals surface area contributed by atoms with E-state index in [1.54, 1.807) is 24.3 Å². The molecule has 3 aliphatic rings. The van der Waals surface area contributed by atoms with Gasteiger partial charge < -0.3 is 5.73 Å². The normalized spacial score (nSPS) is 23.8. The highest BCUT2D eigenvalue weighted by atomic mass is 79.9. The van der Waals surface area contributed by atoms with E-state index in [1.165, 1.54) is 18.4 Å². The first kappa shape index (κ1) is 19.6. The number of hydrogen-bond donors (Lipinski definition) is 1. The van der Waals surface area contributed by atoms with Gasteiger partial charge in [-0.25, -0.2) is 4.21 Å². The summed E-state index contributed by atoms with van der Waals surface area (Å²) in [4.78, 5) is 12.1. The summed E-state index contributed by atoms with van der Waals surface area (Å²) in [5.74, 6) is 2.44. The van der Waals surface area contributed by atoms with Crippen LogP contribution in [0.15, 0.2) is 51.8 Å². The lowest BCUT2D eigenvalue weighted by molar-refractivity contribution is 0.1000. The first-order chi connectivity index (χ1) is 14.0. The van der Waals surface area contributed by atoms with E-state index in [-0.39, 0.29) is 11.5 Å². The zero-order valence-electron chi connectivity index (χ0n) is 16.0. The Morgan fingerprint density at radius 3 is 2.45 bits per heavy atom. The fourth-order valence-corrected chi connectivity index (χ4v) is 8.13. The number of thioether (sulfide) groups is 1. The van der Waals surface area contributed by atoms with Crippen LogP contribution in [0.3, 0.4) is 0 Å². The molecule has 1 spiro atoms. The number of rotatable bonds is 4. The molecule has 1 aliphatic carbocycles. The molecule has 1 saturated carbocycles. The van der Waals surface area contributed by atoms with Crippen molar-refractivity contribution < 1.29 is 9.00 Å². The topological polar surface area (TPSA) is 63.4 Å². The molecule has 29 heavy (non-hydrogen) atoms. The van der Waals surface area contributed by atoms with Gasteiger partial charge in [0.2, 0.25) is 5.91 Å². The predicted octanol–water partition coefficient (Wildman–Crippen LogP) is 4.63. The molecular weight excluding hydrogens is 468 g/mol. The molecule has 2 aromatic carbocycles. The lowest BCUT2D eigenvalue weighted by Gasteiger charge is -2.41. The van der Waals surface area contributed by atoms with Crippen molar-refractivity contribution in [1.82, 2.24) is 0 Å². The molecule has 7 heteroatoms. The van der Waals surface area contributed by atoms with Gasteiger partial charge in [-0.15, -0.1) is 0 Å². The molecular formula is C22H23BrN2O2S2. The van der Waals surface area contributed by atoms with Gasteiger partial charge in [-0.1, -0.05) is 15.9 Å². The molecule has 2 heterocycles. The molecule has 0 aromatic heterocycles. The number of carbonyl (C=O) groups excluding carboxylic acids is 1. The van der Waals surface area contributed by atoms with Crippen molar-refractivity contribution in [2.45, 2.75) is 42.0 Å². The smallest absolute Gasteiger partial charge is 0.248 e. The Hall–Kier alpha value is -1.31. The van der Waals surface area contributed by atoms with Gasteiger partial charge in [0.1, 0.15) is 0 Å². The van der Waals surface area contributed by atoms with Gasteiger partial charge in [0, 0.05) is 15.5 Å². The van der Waals surface area contributed by atoms with Gasteiger partial charge in [-0.2, -0.15) is 11.8 Å². The lowest BCUT2D eigenvalue weighted by Crippen LogP contribution is -2.49. The number of nitrogens with two attached hydrogens (primary N) is 1. The van der Waals surface area contributed by atoms with Crippen LogP contribution in [0.4, 0.5) is 5.69 Å². The number of primary amides is 1. The highest BCUT2D eigenvalue weighted by molar-refractivity contribution is 9.10. The number of halogens is 1. The van der Waals surface area contributed by atoms with Crippen LogP contribution in [0.2, 0.25) is 0 Å². The fourth-order valence-electron chi connectivity index (χ4n) is 5.03. The van der Waals surface area contributed by atoms with Crippen molar-refractivity contribution in [3.8, 4) is 0 Å². The van der Waals surface area contributed by atoms with E-state index < -0.39 is 16.9 Å². The molecule has 4 nitrogen and oxygen atoms in total. The fraction of sp³-hybridized carbons (Fsp3) is 0.409. The standard InChI is InChI=1S/C22H23BrN2O2S2/c23-16-5-8-19-18(13-16)22(9-11-28-12-10-22)20(14-1-2-14)25(19)29(27)17-6-3-15(4-7-17)21(24)26/h3-8,13-14,20H,1-2,9-12H2,(H2,24,26). The van der Waals surface area contributed by atoms with E-state index in [4.69, 9.17) is 5.73 Å². The van der Waals surface area contributed by atoms with Crippen LogP contribution in [0.5, 0.6) is 0 Å². The molecule has 2 N–H and O–H groups in total. The lowest BCUT2D eigenvalue weighted by atomic mass is 9.70. The van der Waals surface area contributed by atoms with Crippen LogP contribution >= 0.6 is 27.7 Å². The Morgan fingerprint density at radius 1 is 1.14 bits per heavy atom. The molecule has 2 aromatic rings. The van der Waals surface area contributed by atoms with Gasteiger partial charge in [-0.3, -0.25) is 9.10 Å². The van der Waals surface area contributed by atoms with E-state index in [0.717, 1.165) is 39.4 Å². The maximum Gasteiger partial charge on any atom is 0.248 e. The molecule has 0 radical (unpaired) electrons. The second-order valence-electron chi connectivity index (χ2n) is 8.18. The third kappa shape index (κ3) is 3.26. The zero-order valence-corrected chi connectivity index (χ0v) is 19.2. The van der Waals surface area contributed by atoms with Crippen molar-refractivity contribution in [3.05, 3.63) is 58.1 Å². The minimum absolute atomic E-state index is 0.0777. The minimum Gasteiger partial charge on any atom is -0.366 e. The Bertz CT molecular complexity index is 985. The first-order valence-electron chi connectivity index (χ1n) is 10.00. The van der Waals surface area contributed by atoms with Gasteiger partial charge in [-0.05, 0) is 91.1 Å². The number of fused-ring (bicyclic) bond motifs is 2. The van der Waals surface area contributed by atoms with Gasteiger partial charge in [0.15, 0.2) is 11.0 Å². The Balaban J connectivity index is 1.61. The Labute approximate surface area is 186 Å². The minimum atomic E-state index is -1.33. The summed E-state index contributed by atoms with van der Waals surface area (Å²) in [6.07, 6.45) is 4.69. The SMILES string of the molecule is NC(=O)c1ccc(S(=O)N2c3ccc(Br)cc3C3(CCSCC3)C2C2CC2)cc1. The second-order valence-corrected chi connectivity index (χ2v) is 11.7. The summed E-state index contributed by atoms with van der Waals surface area (Å²) in [6, 6.07) is 13.6. The summed E-state index contributed by atoms with van der Waals surface area (Å²) in [5, 5.41) is 0. The Kier molecular flexibility index (Phi) is 5.03. The van der Waals surface area contributed by atoms with Crippen molar-refractivity contribution in [2.75, 3.05) is 15.8 Å². The number of benzene rings is 2. The average Bonchev–Trinajstić information content (AvgIpc) is 3.53. The molecule has 2 fully saturated rings. The molecule has 1 amide bonds. The van der Waals surface area contributed by atoms with Gasteiger partial charge >= 0.3 is 0 Å². The maximum absolute atomic E-state index is 13.8. The molecule has 1 saturated heterocycles. The third-order valence-corrected chi connectivity index (χ3v) is 9.46. The average molecular weight is 491 g/mol. The van der Waals surface area contributed by atoms with Crippen molar-refractivity contribution in [3.63, 3.8) is 0 Å². The summed E-state index contributed by atoms with van der Waals surface area (Å²) in [7, 11) is -1.33. The van der Waals surface area contributed by atoms with E-state index in [0.29, 0.717) is 11.5 Å². The molecule has 152 valence electrons. The second kappa shape index (κ2) is 7.43. The van der Waals surface area contributed by atoms with Crippen molar-refractivity contribution >= 4 is 50.3 Å².